The van der Waals surface area contributed by atoms with Crippen LogP contribution < -0.4 is 5.32 Å². The number of nitrogens with one attached hydrogen (secondary N) is 1. The molecule has 24 heavy (non-hydrogen) atoms. The molecule has 0 fully saturated rings. The van der Waals surface area contributed by atoms with Crippen molar-refractivity contribution in [1.82, 2.24) is 0 Å². The summed E-state index contributed by atoms with van der Waals surface area (Å²) in [6, 6.07) is 7.26. The number of rotatable bonds is 5. The van der Waals surface area contributed by atoms with Crippen molar-refractivity contribution in [2.45, 2.75) is 0 Å². The zero-order valence-electron chi connectivity index (χ0n) is 12.0. The lowest BCUT2D eigenvalue weighted by Gasteiger charge is -2.07. The minimum absolute atomic E-state index is 0.0932. The number of nitro benzene ring substituents is 1. The Hall–Kier alpha value is -3.36. The first-order chi connectivity index (χ1) is 11.4. The molecular weight excluding hydrogens is 326 g/mol. The molecule has 2 aromatic rings. The Morgan fingerprint density at radius 1 is 1.17 bits per heavy atom. The molecule has 1 N–H and O–H groups in total. The highest BCUT2D eigenvalue weighted by atomic mass is 19.1. The van der Waals surface area contributed by atoms with Crippen molar-refractivity contribution in [3.63, 3.8) is 0 Å². The van der Waals surface area contributed by atoms with E-state index in [4.69, 9.17) is 0 Å². The van der Waals surface area contributed by atoms with Crippen LogP contribution in [0.1, 0.15) is 10.4 Å². The Bertz CT molecular complexity index is 810. The smallest absolute Gasteiger partial charge is 0.338 e. The molecule has 0 unspecified atom stereocenters. The molecule has 0 aliphatic rings. The van der Waals surface area contributed by atoms with E-state index in [9.17, 15) is 28.5 Å². The molecule has 0 heterocycles. The molecule has 0 aromatic heterocycles. The van der Waals surface area contributed by atoms with Gasteiger partial charge in [-0.15, -0.1) is 0 Å². The van der Waals surface area contributed by atoms with E-state index in [-0.39, 0.29) is 5.56 Å². The van der Waals surface area contributed by atoms with E-state index in [0.29, 0.717) is 0 Å². The maximum atomic E-state index is 13.5. The number of halogens is 2. The van der Waals surface area contributed by atoms with Gasteiger partial charge in [-0.3, -0.25) is 14.9 Å². The van der Waals surface area contributed by atoms with Gasteiger partial charge in [-0.05, 0) is 24.3 Å². The summed E-state index contributed by atoms with van der Waals surface area (Å²) in [6.07, 6.45) is 0. The highest BCUT2D eigenvalue weighted by molar-refractivity contribution is 5.95. The monoisotopic (exact) mass is 336 g/mol. The van der Waals surface area contributed by atoms with E-state index < -0.39 is 46.4 Å². The maximum absolute atomic E-state index is 13.5. The molecule has 0 saturated heterocycles. The number of carbonyl (C=O) groups excluding carboxylic acids is 2. The van der Waals surface area contributed by atoms with Crippen LogP contribution in [0.2, 0.25) is 0 Å². The third-order valence-corrected chi connectivity index (χ3v) is 2.83. The summed E-state index contributed by atoms with van der Waals surface area (Å²) >= 11 is 0. The van der Waals surface area contributed by atoms with Gasteiger partial charge >= 0.3 is 5.97 Å². The lowest BCUT2D eigenvalue weighted by Crippen LogP contribution is -2.21. The summed E-state index contributed by atoms with van der Waals surface area (Å²) < 4.78 is 31.2. The van der Waals surface area contributed by atoms with E-state index in [1.807, 2.05) is 0 Å². The van der Waals surface area contributed by atoms with Gasteiger partial charge in [0.1, 0.15) is 11.6 Å². The minimum Gasteiger partial charge on any atom is -0.452 e. The lowest BCUT2D eigenvalue weighted by atomic mass is 10.2. The fraction of sp³-hybridized carbons (Fsp3) is 0.0667. The molecule has 0 aliphatic heterocycles. The molecule has 0 radical (unpaired) electrons. The van der Waals surface area contributed by atoms with Crippen molar-refractivity contribution in [3.8, 4) is 0 Å². The predicted molar refractivity (Wildman–Crippen MR) is 78.4 cm³/mol. The van der Waals surface area contributed by atoms with Crippen LogP contribution in [0.5, 0.6) is 0 Å². The second-order valence-electron chi connectivity index (χ2n) is 4.56. The summed E-state index contributed by atoms with van der Waals surface area (Å²) in [4.78, 5) is 33.2. The summed E-state index contributed by atoms with van der Waals surface area (Å²) in [5.41, 5.74) is -0.927. The van der Waals surface area contributed by atoms with Gasteiger partial charge in [-0.1, -0.05) is 6.07 Å². The third-order valence-electron chi connectivity index (χ3n) is 2.83. The number of hydrogen-bond acceptors (Lipinski definition) is 5. The summed E-state index contributed by atoms with van der Waals surface area (Å²) in [6.45, 7) is -0.766. The average molecular weight is 336 g/mol. The van der Waals surface area contributed by atoms with Gasteiger partial charge in [0.15, 0.2) is 6.61 Å². The van der Waals surface area contributed by atoms with Crippen molar-refractivity contribution in [1.29, 1.82) is 0 Å². The highest BCUT2D eigenvalue weighted by Gasteiger charge is 2.15. The summed E-state index contributed by atoms with van der Waals surface area (Å²) in [7, 11) is 0. The van der Waals surface area contributed by atoms with E-state index in [2.05, 4.69) is 10.1 Å². The van der Waals surface area contributed by atoms with E-state index in [0.717, 1.165) is 30.3 Å². The molecule has 7 nitrogen and oxygen atoms in total. The first-order valence-electron chi connectivity index (χ1n) is 6.53. The van der Waals surface area contributed by atoms with Gasteiger partial charge in [0.25, 0.3) is 11.6 Å². The van der Waals surface area contributed by atoms with Crippen LogP contribution in [-0.2, 0) is 9.53 Å². The molecule has 124 valence electrons. The van der Waals surface area contributed by atoms with Gasteiger partial charge in [-0.25, -0.2) is 13.6 Å². The Balaban J connectivity index is 1.97. The molecule has 1 amide bonds. The van der Waals surface area contributed by atoms with Crippen LogP contribution in [0.4, 0.5) is 20.2 Å². The van der Waals surface area contributed by atoms with Crippen LogP contribution in [0.25, 0.3) is 0 Å². The number of hydrogen-bond donors (Lipinski definition) is 1. The standard InChI is InChI=1S/C15H10F2N2O5/c16-10-3-1-2-9(6-10)15(21)24-8-14(20)18-13-7-11(19(22)23)4-5-12(13)17/h1-7H,8H2,(H,18,20). The van der Waals surface area contributed by atoms with Crippen molar-refractivity contribution in [2.75, 3.05) is 11.9 Å². The average Bonchev–Trinajstić information content (AvgIpc) is 2.54. The predicted octanol–water partition coefficient (Wildman–Crippen LogP) is 2.67. The quantitative estimate of drug-likeness (QED) is 0.514. The fourth-order valence-corrected chi connectivity index (χ4v) is 1.74. The van der Waals surface area contributed by atoms with Crippen molar-refractivity contribution in [3.05, 3.63) is 69.8 Å². The van der Waals surface area contributed by atoms with Gasteiger partial charge in [0, 0.05) is 12.1 Å². The number of non-ortho nitro benzene ring substituents is 1. The Morgan fingerprint density at radius 3 is 2.58 bits per heavy atom. The zero-order chi connectivity index (χ0) is 17.7. The van der Waals surface area contributed by atoms with Crippen molar-refractivity contribution < 1.29 is 28.0 Å². The number of esters is 1. The number of nitrogens with zero attached hydrogens (tertiary/aromatic N) is 1. The van der Waals surface area contributed by atoms with Crippen molar-refractivity contribution >= 4 is 23.3 Å². The first-order valence-corrected chi connectivity index (χ1v) is 6.53. The lowest BCUT2D eigenvalue weighted by molar-refractivity contribution is -0.384. The molecule has 0 saturated carbocycles. The highest BCUT2D eigenvalue weighted by Crippen LogP contribution is 2.21. The molecule has 9 heteroatoms. The normalized spacial score (nSPS) is 10.1. The maximum Gasteiger partial charge on any atom is 0.338 e. The molecule has 0 atom stereocenters. The van der Waals surface area contributed by atoms with Crippen LogP contribution in [0.15, 0.2) is 42.5 Å². The first kappa shape index (κ1) is 17.0. The topological polar surface area (TPSA) is 98.5 Å². The van der Waals surface area contributed by atoms with Crippen LogP contribution in [-0.4, -0.2) is 23.4 Å². The molecule has 2 aromatic carbocycles. The Morgan fingerprint density at radius 2 is 1.92 bits per heavy atom. The largest absolute Gasteiger partial charge is 0.452 e. The number of ether oxygens (including phenoxy) is 1. The summed E-state index contributed by atoms with van der Waals surface area (Å²) in [5.74, 6) is -3.37. The molecular formula is C15H10F2N2O5. The van der Waals surface area contributed by atoms with Crippen LogP contribution >= 0.6 is 0 Å². The second-order valence-corrected chi connectivity index (χ2v) is 4.56. The molecule has 2 rings (SSSR count). The number of carbonyl (C=O) groups is 2. The van der Waals surface area contributed by atoms with Crippen LogP contribution in [0, 0.1) is 21.7 Å². The number of anilines is 1. The SMILES string of the molecule is O=C(COC(=O)c1cccc(F)c1)Nc1cc([N+](=O)[O-])ccc1F. The molecule has 0 bridgehead atoms. The van der Waals surface area contributed by atoms with E-state index in [1.165, 1.54) is 12.1 Å². The van der Waals surface area contributed by atoms with Crippen molar-refractivity contribution in [2.24, 2.45) is 0 Å². The number of nitro groups is 1. The summed E-state index contributed by atoms with van der Waals surface area (Å²) in [5, 5.41) is 12.7. The van der Waals surface area contributed by atoms with Crippen LogP contribution in [0.3, 0.4) is 0 Å². The Kier molecular flexibility index (Phi) is 5.15. The minimum atomic E-state index is -0.941. The number of amides is 1. The second kappa shape index (κ2) is 7.27. The van der Waals surface area contributed by atoms with Gasteiger partial charge in [0.2, 0.25) is 0 Å². The van der Waals surface area contributed by atoms with Gasteiger partial charge in [0.05, 0.1) is 16.2 Å². The number of benzene rings is 2. The Labute approximate surface area is 134 Å². The zero-order valence-corrected chi connectivity index (χ0v) is 12.0. The van der Waals surface area contributed by atoms with Gasteiger partial charge < -0.3 is 10.1 Å². The fourth-order valence-electron chi connectivity index (χ4n) is 1.74. The molecule has 0 aliphatic carbocycles. The van der Waals surface area contributed by atoms with E-state index >= 15 is 0 Å². The molecule has 0 spiro atoms. The van der Waals surface area contributed by atoms with Gasteiger partial charge in [-0.2, -0.15) is 0 Å². The van der Waals surface area contributed by atoms with E-state index in [1.54, 1.807) is 0 Å². The third kappa shape index (κ3) is 4.32.